The molecule has 0 spiro atoms. The zero-order chi connectivity index (χ0) is 42.0. The van der Waals surface area contributed by atoms with E-state index < -0.39 is 15.1 Å². The Hall–Kier alpha value is 0.100. The van der Waals surface area contributed by atoms with E-state index in [4.69, 9.17) is 18.7 Å². The van der Waals surface area contributed by atoms with Crippen LogP contribution in [-0.4, -0.2) is 145 Å². The Morgan fingerprint density at radius 3 is 1.15 bits per heavy atom. The fraction of sp³-hybridized carbons (Fsp3) is 1.00. The monoisotopic (exact) mass is 810 g/mol. The minimum absolute atomic E-state index is 0.0731. The summed E-state index contributed by atoms with van der Waals surface area (Å²) in [4.78, 5) is 2.51. The van der Waals surface area contributed by atoms with E-state index in [1.807, 2.05) is 51.4 Å². The molecule has 324 valence electrons. The maximum atomic E-state index is 13.5. The first-order chi connectivity index (χ1) is 24.7. The van der Waals surface area contributed by atoms with E-state index in [1.54, 1.807) is 4.67 Å². The lowest BCUT2D eigenvalue weighted by Gasteiger charge is -2.47. The summed E-state index contributed by atoms with van der Waals surface area (Å²) >= 11 is 0. The Morgan fingerprint density at radius 2 is 0.870 bits per heavy atom. The largest absolute Gasteiger partial charge is 0.372 e. The Bertz CT molecular complexity index is 1090. The Kier molecular flexibility index (Phi) is 22.2. The summed E-state index contributed by atoms with van der Waals surface area (Å²) in [7, 11) is 2.03. The zero-order valence-electron chi connectivity index (χ0n) is 38.9. The third-order valence-electron chi connectivity index (χ3n) is 10.9. The van der Waals surface area contributed by atoms with Gasteiger partial charge in [-0.25, -0.2) is 18.7 Å². The predicted octanol–water partition coefficient (Wildman–Crippen LogP) is 9.13. The summed E-state index contributed by atoms with van der Waals surface area (Å²) < 4.78 is 58.9. The van der Waals surface area contributed by atoms with Gasteiger partial charge in [0.2, 0.25) is 7.44 Å². The van der Waals surface area contributed by atoms with Crippen LogP contribution < -0.4 is 0 Å². The van der Waals surface area contributed by atoms with Crippen LogP contribution in [0.5, 0.6) is 0 Å². The Balaban J connectivity index is 0.000000416. The van der Waals surface area contributed by atoms with Crippen LogP contribution in [0.3, 0.4) is 0 Å². The van der Waals surface area contributed by atoms with Crippen molar-refractivity contribution < 1.29 is 27.9 Å². The normalized spacial score (nSPS) is 29.0. The van der Waals surface area contributed by atoms with Crippen molar-refractivity contribution in [3.05, 3.63) is 0 Å². The van der Waals surface area contributed by atoms with E-state index in [2.05, 4.69) is 113 Å². The smallest absolute Gasteiger partial charge is 0.345 e. The summed E-state index contributed by atoms with van der Waals surface area (Å²) in [5.74, 6) is 2.31. The van der Waals surface area contributed by atoms with E-state index in [1.165, 1.54) is 0 Å². The molecule has 13 heteroatoms. The van der Waals surface area contributed by atoms with Crippen LogP contribution >= 0.6 is 15.1 Å². The molecule has 3 rings (SSSR count). The van der Waals surface area contributed by atoms with Gasteiger partial charge in [0, 0.05) is 51.0 Å². The van der Waals surface area contributed by atoms with Gasteiger partial charge in [-0.15, -0.1) is 0 Å². The average Bonchev–Trinajstić information content (AvgIpc) is 3.06. The number of hydrogen-bond donors (Lipinski definition) is 0. The average molecular weight is 810 g/mol. The summed E-state index contributed by atoms with van der Waals surface area (Å²) in [5.41, 5.74) is 0.135. The Labute approximate surface area is 334 Å². The number of rotatable bonds is 13. The zero-order valence-corrected chi connectivity index (χ0v) is 40.7. The van der Waals surface area contributed by atoms with Gasteiger partial charge in [0.05, 0.1) is 42.7 Å². The standard InChI is InChI=1S/C15H33N2O3P.C15H33N2O2P.C11H23NO/c1-11(2)14-9-17(10-15(19-14)12(3)4)21(18,16(7)8)20-13(5)6;1-11(2)14-9-17(10-15(19-14)12(3)4)20(18,13(5)6)16(7)8;1-8(2)11-7-12(9(3)4)6-10(5)13-11/h11-15H,9-10H2,1-8H3;11-15H,9-10H2,1-8H3;8-11H,6-7H2,1-5H3. The summed E-state index contributed by atoms with van der Waals surface area (Å²) in [6.45, 7) is 41.5. The van der Waals surface area contributed by atoms with E-state index >= 15 is 0 Å². The highest BCUT2D eigenvalue weighted by Gasteiger charge is 2.44. The fourth-order valence-electron chi connectivity index (χ4n) is 7.05. The molecule has 0 radical (unpaired) electrons. The van der Waals surface area contributed by atoms with Gasteiger partial charge in [-0.1, -0.05) is 83.1 Å². The molecular weight excluding hydrogens is 720 g/mol. The summed E-state index contributed by atoms with van der Waals surface area (Å²) in [6, 6.07) is 0.646. The van der Waals surface area contributed by atoms with Gasteiger partial charge in [-0.3, -0.25) is 14.0 Å². The molecule has 54 heavy (non-hydrogen) atoms. The van der Waals surface area contributed by atoms with Crippen molar-refractivity contribution in [1.82, 2.24) is 23.6 Å². The molecule has 3 heterocycles. The molecule has 0 N–H and O–H groups in total. The minimum Gasteiger partial charge on any atom is -0.372 e. The number of morpholine rings is 3. The topological polar surface area (TPSA) is 87.3 Å². The van der Waals surface area contributed by atoms with Crippen molar-refractivity contribution >= 4 is 15.1 Å². The van der Waals surface area contributed by atoms with Crippen LogP contribution in [0, 0.1) is 29.6 Å². The molecule has 0 amide bonds. The van der Waals surface area contributed by atoms with Crippen LogP contribution in [0.25, 0.3) is 0 Å². The van der Waals surface area contributed by atoms with Crippen LogP contribution in [0.1, 0.15) is 118 Å². The van der Waals surface area contributed by atoms with Crippen molar-refractivity contribution in [3.8, 4) is 0 Å². The van der Waals surface area contributed by atoms with Crippen LogP contribution in [0.15, 0.2) is 0 Å². The SMILES string of the molecule is CC(C)C1CN(P(=O)(C(C)C)N(C)C)CC(C(C)C)O1.CC(C)OP(=O)(N(C)C)N1CC(C(C)C)OC(C(C)C)C1.CC1CN(C(C)C)CC(C(C)C)O1. The molecule has 0 bridgehead atoms. The van der Waals surface area contributed by atoms with Crippen molar-refractivity contribution in [2.24, 2.45) is 29.6 Å². The van der Waals surface area contributed by atoms with Gasteiger partial charge < -0.3 is 18.7 Å². The van der Waals surface area contributed by atoms with Gasteiger partial charge >= 0.3 is 7.67 Å². The molecule has 3 saturated heterocycles. The first-order valence-electron chi connectivity index (χ1n) is 21.1. The first-order valence-corrected chi connectivity index (χ1v) is 24.3. The van der Waals surface area contributed by atoms with Gasteiger partial charge in [0.15, 0.2) is 0 Å². The molecule has 3 aliphatic heterocycles. The second kappa shape index (κ2) is 23.0. The highest BCUT2D eigenvalue weighted by atomic mass is 31.2. The first kappa shape index (κ1) is 52.1. The molecule has 3 aliphatic rings. The molecule has 0 aromatic rings. The van der Waals surface area contributed by atoms with Gasteiger partial charge in [0.25, 0.3) is 0 Å². The molecule has 8 atom stereocenters. The number of nitrogens with zero attached hydrogens (tertiary/aromatic N) is 5. The molecule has 0 aliphatic carbocycles. The van der Waals surface area contributed by atoms with E-state index in [-0.39, 0.29) is 36.2 Å². The third-order valence-corrected chi connectivity index (χ3v) is 17.3. The molecule has 3 fully saturated rings. The van der Waals surface area contributed by atoms with Gasteiger partial charge in [0.1, 0.15) is 0 Å². The predicted molar refractivity (Wildman–Crippen MR) is 230 cm³/mol. The van der Waals surface area contributed by atoms with Crippen molar-refractivity contribution in [2.75, 3.05) is 67.5 Å². The van der Waals surface area contributed by atoms with E-state index in [0.717, 1.165) is 26.2 Å². The van der Waals surface area contributed by atoms with Gasteiger partial charge in [-0.2, -0.15) is 0 Å². The Morgan fingerprint density at radius 1 is 0.519 bits per heavy atom. The molecule has 8 unspecified atom stereocenters. The molecule has 0 aromatic heterocycles. The third kappa shape index (κ3) is 15.0. The van der Waals surface area contributed by atoms with Crippen molar-refractivity contribution in [2.45, 2.75) is 172 Å². The maximum absolute atomic E-state index is 13.5. The second-order valence-corrected chi connectivity index (χ2v) is 25.1. The molecular formula is C41H89N5O6P2. The molecule has 11 nitrogen and oxygen atoms in total. The second-order valence-electron chi connectivity index (χ2n) is 18.9. The number of hydrogen-bond acceptors (Lipinski definition) is 7. The summed E-state index contributed by atoms with van der Waals surface area (Å²) in [6.07, 6.45) is 1.27. The lowest BCUT2D eigenvalue weighted by molar-refractivity contribution is -0.105. The maximum Gasteiger partial charge on any atom is 0.345 e. The van der Waals surface area contributed by atoms with Crippen LogP contribution in [0.4, 0.5) is 0 Å². The molecule has 0 aromatic carbocycles. The fourth-order valence-corrected chi connectivity index (χ4v) is 12.0. The molecule has 0 saturated carbocycles. The summed E-state index contributed by atoms with van der Waals surface area (Å²) in [5, 5.41) is 0. The van der Waals surface area contributed by atoms with Gasteiger partial charge in [-0.05, 0) is 92.4 Å². The van der Waals surface area contributed by atoms with E-state index in [9.17, 15) is 9.13 Å². The minimum atomic E-state index is -2.99. The lowest BCUT2D eigenvalue weighted by Crippen LogP contribution is -2.51. The highest BCUT2D eigenvalue weighted by Crippen LogP contribution is 2.57. The van der Waals surface area contributed by atoms with Crippen LogP contribution in [-0.2, 0) is 27.9 Å². The quantitative estimate of drug-likeness (QED) is 0.167. The number of ether oxygens (including phenoxy) is 3. The van der Waals surface area contributed by atoms with Crippen LogP contribution in [0.2, 0.25) is 0 Å². The van der Waals surface area contributed by atoms with Crippen molar-refractivity contribution in [1.29, 1.82) is 0 Å². The lowest BCUT2D eigenvalue weighted by atomic mass is 10.0. The van der Waals surface area contributed by atoms with E-state index in [0.29, 0.717) is 60.9 Å². The highest BCUT2D eigenvalue weighted by molar-refractivity contribution is 7.59. The van der Waals surface area contributed by atoms with Crippen molar-refractivity contribution in [3.63, 3.8) is 0 Å².